The van der Waals surface area contributed by atoms with E-state index >= 15 is 0 Å². The van der Waals surface area contributed by atoms with E-state index in [1.54, 1.807) is 27.7 Å². The van der Waals surface area contributed by atoms with E-state index in [0.717, 1.165) is 4.90 Å². The van der Waals surface area contributed by atoms with E-state index in [1.165, 1.54) is 12.2 Å². The highest BCUT2D eigenvalue weighted by molar-refractivity contribution is 6.12. The number of carboxylic acids is 1. The van der Waals surface area contributed by atoms with Crippen LogP contribution in [0.1, 0.15) is 66.2 Å². The molecule has 0 spiro atoms. The average Bonchev–Trinajstić information content (AvgIpc) is 3.05. The Morgan fingerprint density at radius 1 is 0.909 bits per heavy atom. The molecule has 33 heavy (non-hydrogen) atoms. The molecule has 1 rings (SSSR count). The molecule has 3 N–H and O–H groups in total. The van der Waals surface area contributed by atoms with Gasteiger partial charge in [0, 0.05) is 37.5 Å². The Balaban J connectivity index is 2.53. The molecule has 0 fully saturated rings. The van der Waals surface area contributed by atoms with E-state index in [1.807, 2.05) is 0 Å². The van der Waals surface area contributed by atoms with Crippen molar-refractivity contribution >= 4 is 35.4 Å². The Bertz CT molecular complexity index is 771. The zero-order valence-electron chi connectivity index (χ0n) is 19.8. The van der Waals surface area contributed by atoms with Gasteiger partial charge in [-0.1, -0.05) is 34.1 Å². The summed E-state index contributed by atoms with van der Waals surface area (Å²) < 4.78 is 0. The van der Waals surface area contributed by atoms with Crippen LogP contribution in [0, 0.1) is 11.8 Å². The second-order valence-corrected chi connectivity index (χ2v) is 8.81. The van der Waals surface area contributed by atoms with Gasteiger partial charge in [-0.25, -0.2) is 0 Å². The molecule has 2 atom stereocenters. The number of rotatable bonds is 15. The molecule has 1 aliphatic heterocycles. The molecule has 10 heteroatoms. The molecule has 0 aliphatic carbocycles. The van der Waals surface area contributed by atoms with E-state index in [4.69, 9.17) is 5.11 Å². The normalized spacial score (nSPS) is 15.2. The third-order valence-electron chi connectivity index (χ3n) is 5.33. The first kappa shape index (κ1) is 28.0. The average molecular weight is 466 g/mol. The number of Topliss-reactive ketones (excluding diaryl/α,β-unsaturated/α-hetero) is 1. The van der Waals surface area contributed by atoms with Crippen LogP contribution in [-0.4, -0.2) is 64.0 Å². The highest BCUT2D eigenvalue weighted by atomic mass is 16.4. The number of nitrogens with one attached hydrogen (secondary N) is 2. The fourth-order valence-electron chi connectivity index (χ4n) is 3.38. The van der Waals surface area contributed by atoms with Crippen LogP contribution in [0.2, 0.25) is 0 Å². The number of unbranched alkanes of at least 4 members (excludes halogenated alkanes) is 2. The number of nitrogens with zero attached hydrogens (tertiary/aromatic N) is 1. The maximum Gasteiger partial charge on any atom is 0.303 e. The zero-order valence-corrected chi connectivity index (χ0v) is 19.8. The lowest BCUT2D eigenvalue weighted by Gasteiger charge is -2.25. The summed E-state index contributed by atoms with van der Waals surface area (Å²) in [5.74, 6) is -3.46. The van der Waals surface area contributed by atoms with Gasteiger partial charge in [-0.2, -0.15) is 0 Å². The molecule has 0 bridgehead atoms. The molecule has 0 aromatic rings. The topological polar surface area (TPSA) is 150 Å². The number of imide groups is 1. The minimum absolute atomic E-state index is 0.0195. The van der Waals surface area contributed by atoms with E-state index in [-0.39, 0.29) is 54.6 Å². The minimum atomic E-state index is -1.06. The molecule has 1 heterocycles. The van der Waals surface area contributed by atoms with Crippen molar-refractivity contribution in [3.8, 4) is 0 Å². The minimum Gasteiger partial charge on any atom is -0.481 e. The fourth-order valence-corrected chi connectivity index (χ4v) is 3.38. The maximum absolute atomic E-state index is 12.8. The van der Waals surface area contributed by atoms with Crippen molar-refractivity contribution in [3.63, 3.8) is 0 Å². The number of hydrogen-bond acceptors (Lipinski definition) is 6. The van der Waals surface area contributed by atoms with Gasteiger partial charge in [0.2, 0.25) is 11.8 Å². The lowest BCUT2D eigenvalue weighted by Crippen LogP contribution is -2.54. The standard InChI is InChI=1S/C23H35N3O7/c1-14(2)21(23(33)24-16(9-12-20(30)31)22(32)15(3)4)25-17(27)8-6-5-7-13-26-18(28)10-11-19(26)29/h10-11,14-16,21H,5-9,12-13H2,1-4H3,(H,24,33)(H,25,27)(H,30,31)/t16-,21?/m0/s1. The van der Waals surface area contributed by atoms with Gasteiger partial charge in [0.25, 0.3) is 11.8 Å². The van der Waals surface area contributed by atoms with Crippen LogP contribution in [0.3, 0.4) is 0 Å². The Hall–Kier alpha value is -3.04. The first-order chi connectivity index (χ1) is 15.4. The van der Waals surface area contributed by atoms with Crippen molar-refractivity contribution in [3.05, 3.63) is 12.2 Å². The van der Waals surface area contributed by atoms with E-state index in [2.05, 4.69) is 10.6 Å². The van der Waals surface area contributed by atoms with Gasteiger partial charge < -0.3 is 15.7 Å². The molecule has 1 aliphatic rings. The van der Waals surface area contributed by atoms with Gasteiger partial charge in [0.05, 0.1) is 6.04 Å². The van der Waals surface area contributed by atoms with E-state index in [0.29, 0.717) is 25.8 Å². The van der Waals surface area contributed by atoms with Crippen molar-refractivity contribution in [2.24, 2.45) is 11.8 Å². The van der Waals surface area contributed by atoms with Gasteiger partial charge in [-0.15, -0.1) is 0 Å². The zero-order chi connectivity index (χ0) is 25.1. The fraction of sp³-hybridized carbons (Fsp3) is 0.652. The number of hydrogen-bond donors (Lipinski definition) is 3. The van der Waals surface area contributed by atoms with Gasteiger partial charge >= 0.3 is 5.97 Å². The van der Waals surface area contributed by atoms with Crippen LogP contribution in [-0.2, 0) is 28.8 Å². The molecule has 0 saturated carbocycles. The summed E-state index contributed by atoms with van der Waals surface area (Å²) in [5.41, 5.74) is 0. The van der Waals surface area contributed by atoms with Gasteiger partial charge in [0.1, 0.15) is 6.04 Å². The Morgan fingerprint density at radius 3 is 2.03 bits per heavy atom. The molecule has 0 radical (unpaired) electrons. The molecule has 4 amide bonds. The van der Waals surface area contributed by atoms with Gasteiger partial charge in [-0.05, 0) is 25.2 Å². The molecular weight excluding hydrogens is 430 g/mol. The van der Waals surface area contributed by atoms with Crippen molar-refractivity contribution in [1.29, 1.82) is 0 Å². The second kappa shape index (κ2) is 13.5. The summed E-state index contributed by atoms with van der Waals surface area (Å²) in [6.07, 6.45) is 4.08. The van der Waals surface area contributed by atoms with Crippen molar-refractivity contribution in [2.45, 2.75) is 78.3 Å². The Kier molecular flexibility index (Phi) is 11.4. The van der Waals surface area contributed by atoms with Crippen molar-refractivity contribution < 1.29 is 33.9 Å². The van der Waals surface area contributed by atoms with Crippen LogP contribution >= 0.6 is 0 Å². The highest BCUT2D eigenvalue weighted by Gasteiger charge is 2.30. The van der Waals surface area contributed by atoms with Gasteiger partial charge in [0.15, 0.2) is 5.78 Å². The SMILES string of the molecule is CC(C)C(=O)[C@H](CCC(=O)O)NC(=O)C(NC(=O)CCCCCN1C(=O)C=CC1=O)C(C)C. The van der Waals surface area contributed by atoms with Crippen molar-refractivity contribution in [2.75, 3.05) is 6.54 Å². The number of aliphatic carboxylic acids is 1. The predicted molar refractivity (Wildman–Crippen MR) is 120 cm³/mol. The van der Waals surface area contributed by atoms with Crippen LogP contribution in [0.5, 0.6) is 0 Å². The molecule has 0 saturated heterocycles. The third-order valence-corrected chi connectivity index (χ3v) is 5.33. The monoisotopic (exact) mass is 465 g/mol. The second-order valence-electron chi connectivity index (χ2n) is 8.81. The first-order valence-corrected chi connectivity index (χ1v) is 11.3. The molecule has 10 nitrogen and oxygen atoms in total. The number of amides is 4. The predicted octanol–water partition coefficient (Wildman–Crippen LogP) is 1.19. The summed E-state index contributed by atoms with van der Waals surface area (Å²) in [6, 6.07) is -1.80. The number of carbonyl (C=O) groups is 6. The van der Waals surface area contributed by atoms with Crippen LogP contribution in [0.15, 0.2) is 12.2 Å². The summed E-state index contributed by atoms with van der Waals surface area (Å²) in [6.45, 7) is 7.18. The largest absolute Gasteiger partial charge is 0.481 e. The van der Waals surface area contributed by atoms with Crippen LogP contribution in [0.25, 0.3) is 0 Å². The highest BCUT2D eigenvalue weighted by Crippen LogP contribution is 2.11. The summed E-state index contributed by atoms with van der Waals surface area (Å²) in [7, 11) is 0. The number of carbonyl (C=O) groups excluding carboxylic acids is 5. The molecule has 0 aromatic carbocycles. The summed E-state index contributed by atoms with van der Waals surface area (Å²) in [4.78, 5) is 72.6. The quantitative estimate of drug-likeness (QED) is 0.243. The Labute approximate surface area is 194 Å². The van der Waals surface area contributed by atoms with E-state index < -0.39 is 24.0 Å². The summed E-state index contributed by atoms with van der Waals surface area (Å²) in [5, 5.41) is 14.2. The van der Waals surface area contributed by atoms with Crippen LogP contribution in [0.4, 0.5) is 0 Å². The molecule has 1 unspecified atom stereocenters. The maximum atomic E-state index is 12.8. The van der Waals surface area contributed by atoms with Gasteiger partial charge in [-0.3, -0.25) is 33.7 Å². The lowest BCUT2D eigenvalue weighted by atomic mass is 9.96. The Morgan fingerprint density at radius 2 is 1.52 bits per heavy atom. The number of ketones is 1. The molecular formula is C23H35N3O7. The van der Waals surface area contributed by atoms with E-state index in [9.17, 15) is 28.8 Å². The molecule has 184 valence electrons. The first-order valence-electron chi connectivity index (χ1n) is 11.3. The third kappa shape index (κ3) is 9.55. The smallest absolute Gasteiger partial charge is 0.303 e. The van der Waals surface area contributed by atoms with Crippen LogP contribution < -0.4 is 10.6 Å². The van der Waals surface area contributed by atoms with Crippen molar-refractivity contribution in [1.82, 2.24) is 15.5 Å². The number of carboxylic acid groups (broad SMARTS) is 1. The molecule has 0 aromatic heterocycles. The summed E-state index contributed by atoms with van der Waals surface area (Å²) >= 11 is 0. The lowest BCUT2D eigenvalue weighted by molar-refractivity contribution is -0.139.